The molecule has 1 fully saturated rings. The number of phenols is 1. The number of carbonyl (C=O) groups is 6. The molecule has 1 aromatic carbocycles. The zero-order valence-corrected chi connectivity index (χ0v) is 19.9. The predicted octanol–water partition coefficient (Wildman–Crippen LogP) is -2.03. The fraction of sp³-hybridized carbons (Fsp3) is 0.478. The average molecular weight is 522 g/mol. The normalized spacial score (nSPS) is 17.1. The molecule has 0 spiro atoms. The van der Waals surface area contributed by atoms with Gasteiger partial charge in [-0.1, -0.05) is 12.1 Å². The zero-order valence-electron chi connectivity index (χ0n) is 19.9. The molecule has 9 N–H and O–H groups in total. The Morgan fingerprint density at radius 3 is 2.11 bits per heavy atom. The number of hydrogen-bond donors (Lipinski definition) is 8. The first-order chi connectivity index (χ1) is 17.5. The van der Waals surface area contributed by atoms with Crippen LogP contribution in [0.2, 0.25) is 0 Å². The highest BCUT2D eigenvalue weighted by atomic mass is 16.4. The molecule has 4 atom stereocenters. The van der Waals surface area contributed by atoms with Gasteiger partial charge in [0.2, 0.25) is 23.6 Å². The summed E-state index contributed by atoms with van der Waals surface area (Å²) in [4.78, 5) is 72.3. The van der Waals surface area contributed by atoms with Gasteiger partial charge in [-0.3, -0.25) is 24.0 Å². The number of rotatable bonds is 14. The van der Waals surface area contributed by atoms with E-state index in [2.05, 4.69) is 21.3 Å². The first-order valence-corrected chi connectivity index (χ1v) is 11.6. The molecule has 0 aromatic heterocycles. The number of carboxylic acid groups (broad SMARTS) is 2. The van der Waals surface area contributed by atoms with Crippen molar-refractivity contribution in [3.05, 3.63) is 29.8 Å². The molecule has 2 rings (SSSR count). The summed E-state index contributed by atoms with van der Waals surface area (Å²) in [7, 11) is 0. The van der Waals surface area contributed by atoms with Crippen LogP contribution in [0.5, 0.6) is 5.75 Å². The molecule has 4 unspecified atom stereocenters. The lowest BCUT2D eigenvalue weighted by Gasteiger charge is -2.25. The van der Waals surface area contributed by atoms with E-state index in [1.807, 2.05) is 0 Å². The Bertz CT molecular complexity index is 1010. The van der Waals surface area contributed by atoms with Crippen molar-refractivity contribution in [1.29, 1.82) is 0 Å². The summed E-state index contributed by atoms with van der Waals surface area (Å²) in [5, 5.41) is 37.9. The maximum atomic E-state index is 13.2. The molecule has 1 aliphatic heterocycles. The van der Waals surface area contributed by atoms with Gasteiger partial charge in [-0.15, -0.1) is 0 Å². The number of amides is 4. The summed E-state index contributed by atoms with van der Waals surface area (Å²) in [5.74, 6) is -6.08. The predicted molar refractivity (Wildman–Crippen MR) is 127 cm³/mol. The van der Waals surface area contributed by atoms with Crippen LogP contribution in [0.3, 0.4) is 0 Å². The van der Waals surface area contributed by atoms with E-state index in [1.165, 1.54) is 12.1 Å². The molecule has 0 saturated carbocycles. The molecule has 202 valence electrons. The lowest BCUT2D eigenvalue weighted by Crippen LogP contribution is -2.57. The van der Waals surface area contributed by atoms with Crippen LogP contribution in [0.15, 0.2) is 24.3 Å². The lowest BCUT2D eigenvalue weighted by atomic mass is 10.0. The summed E-state index contributed by atoms with van der Waals surface area (Å²) in [6, 6.07) is 1.04. The van der Waals surface area contributed by atoms with Gasteiger partial charge in [-0.2, -0.15) is 0 Å². The number of nitrogens with one attached hydrogen (secondary N) is 4. The Morgan fingerprint density at radius 2 is 1.57 bits per heavy atom. The molecule has 14 nitrogen and oxygen atoms in total. The maximum absolute atomic E-state index is 13.2. The highest BCUT2D eigenvalue weighted by Gasteiger charge is 2.32. The van der Waals surface area contributed by atoms with Gasteiger partial charge >= 0.3 is 11.9 Å². The SMILES string of the molecule is NC(=O)CC(NC(=O)C(CCC(=O)O)NC(=O)C(Cc1ccc(O)cc1)NC(=O)C1CCCN1)C(=O)O. The largest absolute Gasteiger partial charge is 0.508 e. The Kier molecular flexibility index (Phi) is 10.8. The fourth-order valence-electron chi connectivity index (χ4n) is 3.74. The Balaban J connectivity index is 2.22. The molecule has 1 aromatic rings. The van der Waals surface area contributed by atoms with Gasteiger partial charge < -0.3 is 42.3 Å². The second kappa shape index (κ2) is 13.8. The lowest BCUT2D eigenvalue weighted by molar-refractivity contribution is -0.144. The smallest absolute Gasteiger partial charge is 0.326 e. The second-order valence-electron chi connectivity index (χ2n) is 8.64. The van der Waals surface area contributed by atoms with Crippen LogP contribution in [-0.2, 0) is 35.2 Å². The van der Waals surface area contributed by atoms with E-state index in [4.69, 9.17) is 10.8 Å². The molecule has 14 heteroatoms. The molecule has 0 aliphatic carbocycles. The zero-order chi connectivity index (χ0) is 27.5. The van der Waals surface area contributed by atoms with E-state index in [0.29, 0.717) is 18.5 Å². The van der Waals surface area contributed by atoms with E-state index in [9.17, 15) is 39.0 Å². The molecule has 1 saturated heterocycles. The minimum absolute atomic E-state index is 0.00158. The van der Waals surface area contributed by atoms with Gasteiger partial charge in [-0.25, -0.2) is 4.79 Å². The van der Waals surface area contributed by atoms with E-state index in [-0.39, 0.29) is 18.6 Å². The molecular weight excluding hydrogens is 490 g/mol. The Labute approximate surface area is 212 Å². The maximum Gasteiger partial charge on any atom is 0.326 e. The van der Waals surface area contributed by atoms with Gasteiger partial charge in [-0.05, 0) is 43.5 Å². The summed E-state index contributed by atoms with van der Waals surface area (Å²) in [6.45, 7) is 0.639. The van der Waals surface area contributed by atoms with Crippen molar-refractivity contribution in [2.45, 2.75) is 62.7 Å². The molecule has 0 bridgehead atoms. The highest BCUT2D eigenvalue weighted by molar-refractivity contribution is 5.95. The van der Waals surface area contributed by atoms with E-state index in [0.717, 1.165) is 6.42 Å². The Morgan fingerprint density at radius 1 is 0.946 bits per heavy atom. The van der Waals surface area contributed by atoms with Gasteiger partial charge in [0.25, 0.3) is 0 Å². The van der Waals surface area contributed by atoms with E-state index in [1.54, 1.807) is 12.1 Å². The number of carboxylic acids is 2. The third-order valence-electron chi connectivity index (χ3n) is 5.69. The molecule has 1 aliphatic rings. The van der Waals surface area contributed by atoms with Crippen LogP contribution in [0.1, 0.15) is 37.7 Å². The molecule has 37 heavy (non-hydrogen) atoms. The number of hydrogen-bond acceptors (Lipinski definition) is 8. The highest BCUT2D eigenvalue weighted by Crippen LogP contribution is 2.13. The molecule has 0 radical (unpaired) electrons. The van der Waals surface area contributed by atoms with Crippen molar-refractivity contribution in [2.75, 3.05) is 6.54 Å². The minimum atomic E-state index is -1.69. The fourth-order valence-corrected chi connectivity index (χ4v) is 3.74. The number of benzene rings is 1. The second-order valence-corrected chi connectivity index (χ2v) is 8.64. The van der Waals surface area contributed by atoms with E-state index >= 15 is 0 Å². The van der Waals surface area contributed by atoms with Gasteiger partial charge in [0.15, 0.2) is 0 Å². The van der Waals surface area contributed by atoms with Crippen molar-refractivity contribution in [1.82, 2.24) is 21.3 Å². The first-order valence-electron chi connectivity index (χ1n) is 11.6. The van der Waals surface area contributed by atoms with Gasteiger partial charge in [0.1, 0.15) is 23.9 Å². The molecule has 1 heterocycles. The van der Waals surface area contributed by atoms with E-state index < -0.39 is 72.6 Å². The first kappa shape index (κ1) is 29.0. The quantitative estimate of drug-likeness (QED) is 0.133. The number of nitrogens with two attached hydrogens (primary N) is 1. The summed E-state index contributed by atoms with van der Waals surface area (Å²) in [5.41, 5.74) is 5.60. The van der Waals surface area contributed by atoms with Crippen molar-refractivity contribution in [2.24, 2.45) is 5.73 Å². The average Bonchev–Trinajstić information content (AvgIpc) is 3.36. The third-order valence-corrected chi connectivity index (χ3v) is 5.69. The van der Waals surface area contributed by atoms with Crippen molar-refractivity contribution < 1.29 is 44.1 Å². The minimum Gasteiger partial charge on any atom is -0.508 e. The van der Waals surface area contributed by atoms with Crippen LogP contribution < -0.4 is 27.0 Å². The summed E-state index contributed by atoms with van der Waals surface area (Å²) >= 11 is 0. The van der Waals surface area contributed by atoms with Gasteiger partial charge in [0.05, 0.1) is 12.5 Å². The van der Waals surface area contributed by atoms with Crippen LogP contribution in [0.4, 0.5) is 0 Å². The molecule has 4 amide bonds. The Hall–Kier alpha value is -4.20. The van der Waals surface area contributed by atoms with Crippen molar-refractivity contribution in [3.8, 4) is 5.75 Å². The third kappa shape index (κ3) is 9.76. The number of carbonyl (C=O) groups excluding carboxylic acids is 4. The van der Waals surface area contributed by atoms with Crippen LogP contribution in [0, 0.1) is 0 Å². The number of aliphatic carboxylic acids is 2. The summed E-state index contributed by atoms with van der Waals surface area (Å²) < 4.78 is 0. The topological polar surface area (TPSA) is 237 Å². The van der Waals surface area contributed by atoms with Crippen LogP contribution in [-0.4, -0.2) is 81.6 Å². The van der Waals surface area contributed by atoms with Crippen molar-refractivity contribution >= 4 is 35.6 Å². The molecular formula is C23H31N5O9. The number of primary amides is 1. The van der Waals surface area contributed by atoms with Crippen molar-refractivity contribution in [3.63, 3.8) is 0 Å². The summed E-state index contributed by atoms with van der Waals surface area (Å²) in [6.07, 6.45) is -0.307. The number of phenolic OH excluding ortho intramolecular Hbond substituents is 1. The monoisotopic (exact) mass is 521 g/mol. The number of aromatic hydroxyl groups is 1. The standard InChI is InChI=1S/C23H31N5O9/c24-18(30)11-17(23(36)37)28-21(34)15(7-8-19(31)32)26-22(35)16(10-12-3-5-13(29)6-4-12)27-20(33)14-2-1-9-25-14/h3-6,14-17,25,29H,1-2,7-11H2,(H2,24,30)(H,26,35)(H,27,33)(H,28,34)(H,31,32)(H,36,37). The van der Waals surface area contributed by atoms with Crippen LogP contribution in [0.25, 0.3) is 0 Å². The van der Waals surface area contributed by atoms with Gasteiger partial charge in [0, 0.05) is 12.8 Å². The van der Waals surface area contributed by atoms with Crippen LogP contribution >= 0.6 is 0 Å².